The van der Waals surface area contributed by atoms with Crippen molar-refractivity contribution in [3.63, 3.8) is 0 Å². The molecule has 23 heavy (non-hydrogen) atoms. The SMILES string of the molecule is CCOc1cc2c(cc1OCC)C(c1cccc(Cl)c1)NCC2. The van der Waals surface area contributed by atoms with E-state index in [1.807, 2.05) is 32.0 Å². The van der Waals surface area contributed by atoms with Gasteiger partial charge in [0, 0.05) is 11.6 Å². The van der Waals surface area contributed by atoms with Crippen LogP contribution in [0.15, 0.2) is 36.4 Å². The Bertz CT molecular complexity index is 687. The third-order valence-corrected chi connectivity index (χ3v) is 4.28. The van der Waals surface area contributed by atoms with E-state index < -0.39 is 0 Å². The maximum Gasteiger partial charge on any atom is 0.161 e. The number of nitrogens with one attached hydrogen (secondary N) is 1. The molecule has 1 aliphatic rings. The van der Waals surface area contributed by atoms with Crippen LogP contribution in [0, 0.1) is 0 Å². The molecule has 0 saturated heterocycles. The van der Waals surface area contributed by atoms with Crippen molar-refractivity contribution in [2.75, 3.05) is 19.8 Å². The Labute approximate surface area is 142 Å². The van der Waals surface area contributed by atoms with Crippen molar-refractivity contribution in [3.05, 3.63) is 58.1 Å². The van der Waals surface area contributed by atoms with Crippen LogP contribution in [-0.2, 0) is 6.42 Å². The number of benzene rings is 2. The highest BCUT2D eigenvalue weighted by atomic mass is 35.5. The first-order valence-electron chi connectivity index (χ1n) is 8.14. The molecular formula is C19H22ClNO2. The third kappa shape index (κ3) is 3.46. The fourth-order valence-corrected chi connectivity index (χ4v) is 3.28. The van der Waals surface area contributed by atoms with Crippen molar-refractivity contribution in [3.8, 4) is 11.5 Å². The van der Waals surface area contributed by atoms with Crippen molar-refractivity contribution in [2.45, 2.75) is 26.3 Å². The lowest BCUT2D eigenvalue weighted by Crippen LogP contribution is -2.30. The minimum absolute atomic E-state index is 0.132. The summed E-state index contributed by atoms with van der Waals surface area (Å²) in [5.41, 5.74) is 3.72. The van der Waals surface area contributed by atoms with Crippen LogP contribution in [0.4, 0.5) is 0 Å². The van der Waals surface area contributed by atoms with Crippen molar-refractivity contribution < 1.29 is 9.47 Å². The van der Waals surface area contributed by atoms with Gasteiger partial charge >= 0.3 is 0 Å². The van der Waals surface area contributed by atoms with Gasteiger partial charge in [-0.2, -0.15) is 0 Å². The summed E-state index contributed by atoms with van der Waals surface area (Å²) in [6.45, 7) is 6.17. The number of rotatable bonds is 5. The number of hydrogen-bond donors (Lipinski definition) is 1. The lowest BCUT2D eigenvalue weighted by molar-refractivity contribution is 0.286. The van der Waals surface area contributed by atoms with Crippen LogP contribution in [0.2, 0.25) is 5.02 Å². The van der Waals surface area contributed by atoms with Gasteiger partial charge in [0.1, 0.15) is 0 Å². The van der Waals surface area contributed by atoms with Crippen LogP contribution in [0.25, 0.3) is 0 Å². The molecule has 1 unspecified atom stereocenters. The van der Waals surface area contributed by atoms with E-state index in [2.05, 4.69) is 23.5 Å². The maximum atomic E-state index is 6.17. The molecule has 3 rings (SSSR count). The van der Waals surface area contributed by atoms with Gasteiger partial charge in [0.05, 0.1) is 19.3 Å². The largest absolute Gasteiger partial charge is 0.490 e. The molecule has 0 bridgehead atoms. The molecule has 0 spiro atoms. The van der Waals surface area contributed by atoms with E-state index in [4.69, 9.17) is 21.1 Å². The number of halogens is 1. The van der Waals surface area contributed by atoms with Gasteiger partial charge in [-0.3, -0.25) is 0 Å². The van der Waals surface area contributed by atoms with E-state index in [1.165, 1.54) is 16.7 Å². The smallest absolute Gasteiger partial charge is 0.161 e. The van der Waals surface area contributed by atoms with E-state index in [-0.39, 0.29) is 6.04 Å². The van der Waals surface area contributed by atoms with Gasteiger partial charge < -0.3 is 14.8 Å². The summed E-state index contributed by atoms with van der Waals surface area (Å²) in [5.74, 6) is 1.64. The Hall–Kier alpha value is -1.71. The Morgan fingerprint density at radius 3 is 2.52 bits per heavy atom. The first-order chi connectivity index (χ1) is 11.2. The molecule has 3 nitrogen and oxygen atoms in total. The van der Waals surface area contributed by atoms with Crippen molar-refractivity contribution in [1.29, 1.82) is 0 Å². The first-order valence-corrected chi connectivity index (χ1v) is 8.52. The van der Waals surface area contributed by atoms with Crippen LogP contribution < -0.4 is 14.8 Å². The lowest BCUT2D eigenvalue weighted by atomic mass is 9.89. The zero-order chi connectivity index (χ0) is 16.2. The van der Waals surface area contributed by atoms with Crippen molar-refractivity contribution in [1.82, 2.24) is 5.32 Å². The van der Waals surface area contributed by atoms with E-state index in [1.54, 1.807) is 0 Å². The predicted octanol–water partition coefficient (Wildman–Crippen LogP) is 4.37. The van der Waals surface area contributed by atoms with Crippen LogP contribution in [0.1, 0.15) is 36.6 Å². The fraction of sp³-hybridized carbons (Fsp3) is 0.368. The van der Waals surface area contributed by atoms with Crippen LogP contribution in [0.5, 0.6) is 11.5 Å². The van der Waals surface area contributed by atoms with Gasteiger partial charge in [0.15, 0.2) is 11.5 Å². The van der Waals surface area contributed by atoms with E-state index in [0.29, 0.717) is 13.2 Å². The molecular weight excluding hydrogens is 310 g/mol. The molecule has 0 aliphatic carbocycles. The average molecular weight is 332 g/mol. The summed E-state index contributed by atoms with van der Waals surface area (Å²) < 4.78 is 11.5. The predicted molar refractivity (Wildman–Crippen MR) is 93.8 cm³/mol. The molecule has 2 aromatic carbocycles. The van der Waals surface area contributed by atoms with Crippen molar-refractivity contribution in [2.24, 2.45) is 0 Å². The Kier molecular flexibility index (Phi) is 5.09. The quantitative estimate of drug-likeness (QED) is 0.882. The zero-order valence-corrected chi connectivity index (χ0v) is 14.3. The minimum Gasteiger partial charge on any atom is -0.490 e. The molecule has 0 saturated carbocycles. The molecule has 122 valence electrons. The Balaban J connectivity index is 2.05. The minimum atomic E-state index is 0.132. The molecule has 2 aromatic rings. The van der Waals surface area contributed by atoms with Gasteiger partial charge in [-0.25, -0.2) is 0 Å². The molecule has 0 fully saturated rings. The second-order valence-corrected chi connectivity index (χ2v) is 5.99. The molecule has 0 amide bonds. The molecule has 1 heterocycles. The molecule has 1 atom stereocenters. The second kappa shape index (κ2) is 7.24. The normalized spacial score (nSPS) is 16.7. The third-order valence-electron chi connectivity index (χ3n) is 4.04. The first kappa shape index (κ1) is 16.2. The zero-order valence-electron chi connectivity index (χ0n) is 13.6. The number of fused-ring (bicyclic) bond motifs is 1. The van der Waals surface area contributed by atoms with E-state index in [9.17, 15) is 0 Å². The summed E-state index contributed by atoms with van der Waals surface area (Å²) in [4.78, 5) is 0. The number of hydrogen-bond acceptors (Lipinski definition) is 3. The van der Waals surface area contributed by atoms with E-state index in [0.717, 1.165) is 29.5 Å². The fourth-order valence-electron chi connectivity index (χ4n) is 3.08. The van der Waals surface area contributed by atoms with Crippen LogP contribution in [-0.4, -0.2) is 19.8 Å². The second-order valence-electron chi connectivity index (χ2n) is 5.56. The standard InChI is InChI=1S/C19H22ClNO2/c1-3-22-17-11-13-8-9-21-19(14-6-5-7-15(20)10-14)16(13)12-18(17)23-4-2/h5-7,10-12,19,21H,3-4,8-9H2,1-2H3. The highest BCUT2D eigenvalue weighted by Crippen LogP contribution is 2.38. The summed E-state index contributed by atoms with van der Waals surface area (Å²) >= 11 is 6.17. The lowest BCUT2D eigenvalue weighted by Gasteiger charge is -2.29. The molecule has 0 radical (unpaired) electrons. The molecule has 0 aromatic heterocycles. The average Bonchev–Trinajstić information content (AvgIpc) is 2.55. The van der Waals surface area contributed by atoms with Gasteiger partial charge in [-0.1, -0.05) is 23.7 Å². The van der Waals surface area contributed by atoms with E-state index >= 15 is 0 Å². The Morgan fingerprint density at radius 1 is 1.09 bits per heavy atom. The molecule has 1 N–H and O–H groups in total. The summed E-state index contributed by atoms with van der Waals surface area (Å²) in [6, 6.07) is 12.4. The molecule has 1 aliphatic heterocycles. The van der Waals surface area contributed by atoms with Crippen LogP contribution >= 0.6 is 11.6 Å². The molecule has 4 heteroatoms. The van der Waals surface area contributed by atoms with Gasteiger partial charge in [0.2, 0.25) is 0 Å². The topological polar surface area (TPSA) is 30.5 Å². The monoisotopic (exact) mass is 331 g/mol. The summed E-state index contributed by atoms with van der Waals surface area (Å²) in [5, 5.41) is 4.34. The highest BCUT2D eigenvalue weighted by molar-refractivity contribution is 6.30. The van der Waals surface area contributed by atoms with Crippen molar-refractivity contribution >= 4 is 11.6 Å². The van der Waals surface area contributed by atoms with Crippen LogP contribution in [0.3, 0.4) is 0 Å². The Morgan fingerprint density at radius 2 is 1.83 bits per heavy atom. The summed E-state index contributed by atoms with van der Waals surface area (Å²) in [6.07, 6.45) is 0.985. The van der Waals surface area contributed by atoms with Gasteiger partial charge in [-0.05, 0) is 61.2 Å². The van der Waals surface area contributed by atoms with Gasteiger partial charge in [-0.15, -0.1) is 0 Å². The maximum absolute atomic E-state index is 6.17. The van der Waals surface area contributed by atoms with Gasteiger partial charge in [0.25, 0.3) is 0 Å². The number of ether oxygens (including phenoxy) is 2. The highest BCUT2D eigenvalue weighted by Gasteiger charge is 2.24. The summed E-state index contributed by atoms with van der Waals surface area (Å²) in [7, 11) is 0.